The number of amides is 1. The number of carbonyl (C=O) groups is 1. The van der Waals surface area contributed by atoms with Gasteiger partial charge in [0.25, 0.3) is 5.91 Å². The Morgan fingerprint density at radius 3 is 2.54 bits per heavy atom. The molecule has 1 aliphatic heterocycles. The Labute approximate surface area is 141 Å². The highest BCUT2D eigenvalue weighted by atomic mass is 16.3. The summed E-state index contributed by atoms with van der Waals surface area (Å²) in [5.74, 6) is 1.12. The fourth-order valence-electron chi connectivity index (χ4n) is 3.84. The molecule has 0 radical (unpaired) electrons. The third kappa shape index (κ3) is 2.64. The summed E-state index contributed by atoms with van der Waals surface area (Å²) >= 11 is 0. The summed E-state index contributed by atoms with van der Waals surface area (Å²) in [7, 11) is 0. The Morgan fingerprint density at radius 2 is 1.88 bits per heavy atom. The molecule has 1 saturated heterocycles. The predicted octanol–water partition coefficient (Wildman–Crippen LogP) is 2.00. The highest BCUT2D eigenvalue weighted by molar-refractivity contribution is 5.91. The zero-order valence-corrected chi connectivity index (χ0v) is 13.8. The van der Waals surface area contributed by atoms with Crippen LogP contribution in [-0.4, -0.2) is 53.0 Å². The first kappa shape index (κ1) is 15.4. The normalized spacial score (nSPS) is 24.2. The van der Waals surface area contributed by atoms with Crippen molar-refractivity contribution in [2.75, 3.05) is 26.2 Å². The van der Waals surface area contributed by atoms with E-state index in [1.807, 2.05) is 36.1 Å². The van der Waals surface area contributed by atoms with Crippen LogP contribution in [0, 0.1) is 6.92 Å². The molecule has 0 spiro atoms. The first-order valence-electron chi connectivity index (χ1n) is 8.49. The summed E-state index contributed by atoms with van der Waals surface area (Å²) in [4.78, 5) is 16.6. The zero-order chi connectivity index (χ0) is 16.7. The average molecular weight is 326 g/mol. The summed E-state index contributed by atoms with van der Waals surface area (Å²) in [6.07, 6.45) is 0.444. The summed E-state index contributed by atoms with van der Waals surface area (Å²) in [6.45, 7) is 4.73. The van der Waals surface area contributed by atoms with Crippen LogP contribution in [0.25, 0.3) is 0 Å². The molecule has 0 unspecified atom stereocenters. The van der Waals surface area contributed by atoms with Crippen molar-refractivity contribution in [1.82, 2.24) is 9.80 Å². The van der Waals surface area contributed by atoms with Crippen molar-refractivity contribution in [3.8, 4) is 0 Å². The molecule has 1 amide bonds. The quantitative estimate of drug-likeness (QED) is 0.917. The third-order valence-electron chi connectivity index (χ3n) is 5.19. The van der Waals surface area contributed by atoms with E-state index in [0.29, 0.717) is 18.8 Å². The van der Waals surface area contributed by atoms with E-state index in [1.165, 1.54) is 5.56 Å². The van der Waals surface area contributed by atoms with Crippen LogP contribution in [0.4, 0.5) is 0 Å². The number of piperazine rings is 1. The summed E-state index contributed by atoms with van der Waals surface area (Å²) in [6, 6.07) is 11.8. The lowest BCUT2D eigenvalue weighted by atomic mass is 10.1. The van der Waals surface area contributed by atoms with Crippen LogP contribution in [0.3, 0.4) is 0 Å². The maximum absolute atomic E-state index is 12.4. The number of furan rings is 1. The van der Waals surface area contributed by atoms with Crippen LogP contribution in [-0.2, 0) is 6.42 Å². The van der Waals surface area contributed by atoms with E-state index in [-0.39, 0.29) is 11.9 Å². The van der Waals surface area contributed by atoms with E-state index < -0.39 is 6.10 Å². The Hall–Kier alpha value is -2.11. The highest BCUT2D eigenvalue weighted by Gasteiger charge is 2.36. The molecule has 1 fully saturated rings. The number of aliphatic hydroxyl groups excluding tert-OH is 1. The van der Waals surface area contributed by atoms with Crippen LogP contribution in [0.5, 0.6) is 0 Å². The van der Waals surface area contributed by atoms with Gasteiger partial charge < -0.3 is 14.4 Å². The lowest BCUT2D eigenvalue weighted by molar-refractivity contribution is 0.0243. The van der Waals surface area contributed by atoms with E-state index in [2.05, 4.69) is 11.0 Å². The van der Waals surface area contributed by atoms with Crippen LogP contribution in [0.2, 0.25) is 0 Å². The number of carbonyl (C=O) groups excluding carboxylic acids is 1. The van der Waals surface area contributed by atoms with Gasteiger partial charge in [-0.05, 0) is 36.6 Å². The largest absolute Gasteiger partial charge is 0.456 e. The van der Waals surface area contributed by atoms with E-state index in [0.717, 1.165) is 30.8 Å². The van der Waals surface area contributed by atoms with E-state index in [1.54, 1.807) is 6.07 Å². The van der Waals surface area contributed by atoms with Gasteiger partial charge in [-0.2, -0.15) is 0 Å². The molecule has 1 aliphatic carbocycles. The Morgan fingerprint density at radius 1 is 1.12 bits per heavy atom. The van der Waals surface area contributed by atoms with Crippen LogP contribution >= 0.6 is 0 Å². The van der Waals surface area contributed by atoms with Gasteiger partial charge in [0.05, 0.1) is 6.10 Å². The standard InChI is InChI=1S/C19H22N2O3/c1-13-6-7-17(24-13)19(23)21-10-8-20(9-11-21)16-12-14-4-2-3-5-15(14)18(16)22/h2-7,16,18,22H,8-12H2,1H3/t16-,18+/m1/s1. The molecule has 0 saturated carbocycles. The minimum absolute atomic E-state index is 0.0435. The van der Waals surface area contributed by atoms with E-state index in [9.17, 15) is 9.90 Å². The van der Waals surface area contributed by atoms with Crippen molar-refractivity contribution in [1.29, 1.82) is 0 Å². The Bertz CT molecular complexity index is 747. The second-order valence-electron chi connectivity index (χ2n) is 6.65. The lowest BCUT2D eigenvalue weighted by Gasteiger charge is -2.38. The van der Waals surface area contributed by atoms with Crippen molar-refractivity contribution < 1.29 is 14.3 Å². The fourth-order valence-corrected chi connectivity index (χ4v) is 3.84. The number of hydrogen-bond donors (Lipinski definition) is 1. The number of benzene rings is 1. The smallest absolute Gasteiger partial charge is 0.289 e. The van der Waals surface area contributed by atoms with Gasteiger partial charge in [0.2, 0.25) is 0 Å². The van der Waals surface area contributed by atoms with Crippen LogP contribution in [0.15, 0.2) is 40.8 Å². The maximum atomic E-state index is 12.4. The minimum atomic E-state index is -0.434. The summed E-state index contributed by atoms with van der Waals surface area (Å²) < 4.78 is 5.44. The molecule has 2 aromatic rings. The summed E-state index contributed by atoms with van der Waals surface area (Å²) in [5, 5.41) is 10.6. The predicted molar refractivity (Wildman–Crippen MR) is 89.8 cm³/mol. The number of fused-ring (bicyclic) bond motifs is 1. The van der Waals surface area contributed by atoms with Crippen molar-refractivity contribution in [2.45, 2.75) is 25.5 Å². The molecule has 126 valence electrons. The number of nitrogens with zero attached hydrogens (tertiary/aromatic N) is 2. The van der Waals surface area contributed by atoms with Crippen LogP contribution < -0.4 is 0 Å². The maximum Gasteiger partial charge on any atom is 0.289 e. The van der Waals surface area contributed by atoms with Gasteiger partial charge in [0, 0.05) is 32.2 Å². The van der Waals surface area contributed by atoms with Crippen molar-refractivity contribution in [3.05, 3.63) is 59.0 Å². The second kappa shape index (κ2) is 6.07. The molecular weight excluding hydrogens is 304 g/mol. The molecule has 0 bridgehead atoms. The van der Waals surface area contributed by atoms with Gasteiger partial charge in [-0.15, -0.1) is 0 Å². The minimum Gasteiger partial charge on any atom is -0.456 e. The number of rotatable bonds is 2. The number of hydrogen-bond acceptors (Lipinski definition) is 4. The molecule has 4 rings (SSSR count). The van der Waals surface area contributed by atoms with Crippen molar-refractivity contribution in [2.24, 2.45) is 0 Å². The monoisotopic (exact) mass is 326 g/mol. The molecule has 1 N–H and O–H groups in total. The molecule has 5 heteroatoms. The average Bonchev–Trinajstić information content (AvgIpc) is 3.19. The van der Waals surface area contributed by atoms with E-state index >= 15 is 0 Å². The van der Waals surface area contributed by atoms with Crippen molar-refractivity contribution >= 4 is 5.91 Å². The molecule has 2 heterocycles. The SMILES string of the molecule is Cc1ccc(C(=O)N2CCN([C@@H]3Cc4ccccc4[C@@H]3O)CC2)o1. The molecule has 2 atom stereocenters. The third-order valence-corrected chi connectivity index (χ3v) is 5.19. The van der Waals surface area contributed by atoms with E-state index in [4.69, 9.17) is 4.42 Å². The Balaban J connectivity index is 1.39. The number of aryl methyl sites for hydroxylation is 1. The topological polar surface area (TPSA) is 56.9 Å². The van der Waals surface area contributed by atoms with Crippen molar-refractivity contribution in [3.63, 3.8) is 0 Å². The first-order chi connectivity index (χ1) is 11.6. The van der Waals surface area contributed by atoms with Gasteiger partial charge in [0.15, 0.2) is 5.76 Å². The molecular formula is C19H22N2O3. The fraction of sp³-hybridized carbons (Fsp3) is 0.421. The van der Waals surface area contributed by atoms with Crippen LogP contribution in [0.1, 0.15) is 33.5 Å². The van der Waals surface area contributed by atoms with Gasteiger partial charge in [0.1, 0.15) is 5.76 Å². The summed E-state index contributed by atoms with van der Waals surface area (Å²) in [5.41, 5.74) is 2.28. The number of aliphatic hydroxyl groups is 1. The molecule has 5 nitrogen and oxygen atoms in total. The van der Waals surface area contributed by atoms with Gasteiger partial charge in [-0.1, -0.05) is 24.3 Å². The second-order valence-corrected chi connectivity index (χ2v) is 6.65. The van der Waals surface area contributed by atoms with Gasteiger partial charge in [-0.25, -0.2) is 0 Å². The molecule has 24 heavy (non-hydrogen) atoms. The van der Waals surface area contributed by atoms with Gasteiger partial charge >= 0.3 is 0 Å². The highest BCUT2D eigenvalue weighted by Crippen LogP contribution is 2.34. The molecule has 1 aromatic heterocycles. The molecule has 1 aromatic carbocycles. The Kier molecular flexibility index (Phi) is 3.90. The molecule has 2 aliphatic rings. The zero-order valence-electron chi connectivity index (χ0n) is 13.8. The van der Waals surface area contributed by atoms with Gasteiger partial charge in [-0.3, -0.25) is 9.69 Å². The lowest BCUT2D eigenvalue weighted by Crippen LogP contribution is -2.52. The first-order valence-corrected chi connectivity index (χ1v) is 8.49.